The Balaban J connectivity index is 1.39. The molecule has 0 unspecified atom stereocenters. The average molecular weight is 302 g/mol. The monoisotopic (exact) mass is 302 g/mol. The van der Waals surface area contributed by atoms with Crippen molar-refractivity contribution in [2.75, 3.05) is 19.6 Å². The van der Waals surface area contributed by atoms with E-state index in [0.717, 1.165) is 26.1 Å². The van der Waals surface area contributed by atoms with Crippen LogP contribution >= 0.6 is 0 Å². The molecule has 0 radical (unpaired) electrons. The summed E-state index contributed by atoms with van der Waals surface area (Å²) in [7, 11) is 0. The molecule has 22 heavy (non-hydrogen) atoms. The third kappa shape index (κ3) is 3.80. The van der Waals surface area contributed by atoms with Gasteiger partial charge in [0.15, 0.2) is 0 Å². The van der Waals surface area contributed by atoms with Gasteiger partial charge in [-0.25, -0.2) is 4.79 Å². The highest BCUT2D eigenvalue weighted by atomic mass is 16.5. The minimum atomic E-state index is 0.0635. The summed E-state index contributed by atoms with van der Waals surface area (Å²) in [5.41, 5.74) is 1.40. The van der Waals surface area contributed by atoms with Crippen molar-refractivity contribution in [2.45, 2.75) is 44.8 Å². The van der Waals surface area contributed by atoms with Gasteiger partial charge in [-0.2, -0.15) is 0 Å². The van der Waals surface area contributed by atoms with Gasteiger partial charge in [0.25, 0.3) is 0 Å². The van der Waals surface area contributed by atoms with Gasteiger partial charge in [-0.3, -0.25) is 0 Å². The fourth-order valence-corrected chi connectivity index (χ4v) is 3.32. The number of carbonyl (C=O) groups is 1. The van der Waals surface area contributed by atoms with Gasteiger partial charge >= 0.3 is 6.03 Å². The second-order valence-corrected chi connectivity index (χ2v) is 6.74. The minimum absolute atomic E-state index is 0.0635. The zero-order valence-electron chi connectivity index (χ0n) is 13.5. The Morgan fingerprint density at radius 3 is 2.86 bits per heavy atom. The summed E-state index contributed by atoms with van der Waals surface area (Å²) in [5, 5.41) is 3.09. The molecule has 1 aromatic carbocycles. The van der Waals surface area contributed by atoms with Crippen LogP contribution in [0.2, 0.25) is 0 Å². The Morgan fingerprint density at radius 2 is 2.14 bits per heavy atom. The van der Waals surface area contributed by atoms with Crippen molar-refractivity contribution in [1.29, 1.82) is 0 Å². The molecule has 1 saturated heterocycles. The topological polar surface area (TPSA) is 41.6 Å². The summed E-state index contributed by atoms with van der Waals surface area (Å²) in [6.07, 6.45) is 2.56. The number of rotatable bonds is 5. The molecule has 2 fully saturated rings. The summed E-state index contributed by atoms with van der Waals surface area (Å²) in [5.74, 6) is 1.22. The SMILES string of the molecule is CC(C)O[C@@H]1CCN(C(=O)NC[C@@H]2C[C@H]2c2ccccc2)C1. The third-order valence-electron chi connectivity index (χ3n) is 4.56. The summed E-state index contributed by atoms with van der Waals surface area (Å²) in [6, 6.07) is 10.6. The highest BCUT2D eigenvalue weighted by molar-refractivity contribution is 5.74. The Kier molecular flexibility index (Phi) is 4.67. The van der Waals surface area contributed by atoms with Gasteiger partial charge in [0, 0.05) is 19.6 Å². The Morgan fingerprint density at radius 1 is 1.36 bits per heavy atom. The van der Waals surface area contributed by atoms with Crippen LogP contribution in [0.1, 0.15) is 38.2 Å². The van der Waals surface area contributed by atoms with Crippen molar-refractivity contribution in [3.8, 4) is 0 Å². The molecule has 0 aromatic heterocycles. The predicted octanol–water partition coefficient (Wildman–Crippen LogP) is 3.00. The van der Waals surface area contributed by atoms with Crippen LogP contribution in [0.25, 0.3) is 0 Å². The summed E-state index contributed by atoms with van der Waals surface area (Å²) in [6.45, 7) is 6.39. The number of ether oxygens (including phenoxy) is 1. The number of hydrogen-bond acceptors (Lipinski definition) is 2. The molecule has 0 spiro atoms. The highest BCUT2D eigenvalue weighted by Crippen LogP contribution is 2.46. The molecule has 4 nitrogen and oxygen atoms in total. The molecule has 2 aliphatic rings. The van der Waals surface area contributed by atoms with Gasteiger partial charge in [0.2, 0.25) is 0 Å². The van der Waals surface area contributed by atoms with Crippen LogP contribution in [0.5, 0.6) is 0 Å². The Labute approximate surface area is 132 Å². The van der Waals surface area contributed by atoms with E-state index < -0.39 is 0 Å². The number of nitrogens with zero attached hydrogens (tertiary/aromatic N) is 1. The second kappa shape index (κ2) is 6.69. The molecule has 3 rings (SSSR count). The second-order valence-electron chi connectivity index (χ2n) is 6.74. The Bertz CT molecular complexity index is 503. The lowest BCUT2D eigenvalue weighted by atomic mass is 10.1. The van der Waals surface area contributed by atoms with E-state index in [9.17, 15) is 4.79 Å². The van der Waals surface area contributed by atoms with Crippen molar-refractivity contribution in [1.82, 2.24) is 10.2 Å². The number of benzene rings is 1. The first-order valence-corrected chi connectivity index (χ1v) is 8.36. The van der Waals surface area contributed by atoms with Gasteiger partial charge in [-0.15, -0.1) is 0 Å². The van der Waals surface area contributed by atoms with E-state index in [2.05, 4.69) is 29.6 Å². The molecule has 2 amide bonds. The van der Waals surface area contributed by atoms with E-state index in [1.807, 2.05) is 24.8 Å². The maximum atomic E-state index is 12.2. The van der Waals surface area contributed by atoms with E-state index in [0.29, 0.717) is 11.8 Å². The first kappa shape index (κ1) is 15.3. The zero-order chi connectivity index (χ0) is 15.5. The van der Waals surface area contributed by atoms with Gasteiger partial charge < -0.3 is 15.0 Å². The normalized spacial score (nSPS) is 27.2. The van der Waals surface area contributed by atoms with Crippen molar-refractivity contribution in [3.05, 3.63) is 35.9 Å². The smallest absolute Gasteiger partial charge is 0.317 e. The highest BCUT2D eigenvalue weighted by Gasteiger charge is 2.38. The van der Waals surface area contributed by atoms with Gasteiger partial charge in [0.05, 0.1) is 12.2 Å². The molecule has 1 aromatic rings. The lowest BCUT2D eigenvalue weighted by molar-refractivity contribution is 0.0157. The van der Waals surface area contributed by atoms with Crippen LogP contribution in [0.3, 0.4) is 0 Å². The first-order valence-electron chi connectivity index (χ1n) is 8.36. The molecule has 1 heterocycles. The third-order valence-corrected chi connectivity index (χ3v) is 4.56. The molecule has 0 bridgehead atoms. The van der Waals surface area contributed by atoms with Crippen LogP contribution < -0.4 is 5.32 Å². The largest absolute Gasteiger partial charge is 0.374 e. The van der Waals surface area contributed by atoms with E-state index in [-0.39, 0.29) is 18.2 Å². The van der Waals surface area contributed by atoms with E-state index in [4.69, 9.17) is 4.74 Å². The van der Waals surface area contributed by atoms with E-state index >= 15 is 0 Å². The average Bonchev–Trinajstić information content (AvgIpc) is 3.15. The van der Waals surface area contributed by atoms with Crippen molar-refractivity contribution < 1.29 is 9.53 Å². The number of amides is 2. The predicted molar refractivity (Wildman–Crippen MR) is 86.9 cm³/mol. The fraction of sp³-hybridized carbons (Fsp3) is 0.611. The minimum Gasteiger partial charge on any atom is -0.374 e. The summed E-state index contributed by atoms with van der Waals surface area (Å²) < 4.78 is 5.78. The first-order chi connectivity index (χ1) is 10.6. The molecular weight excluding hydrogens is 276 g/mol. The number of hydrogen-bond donors (Lipinski definition) is 1. The van der Waals surface area contributed by atoms with Crippen molar-refractivity contribution in [2.24, 2.45) is 5.92 Å². The van der Waals surface area contributed by atoms with E-state index in [1.165, 1.54) is 12.0 Å². The number of likely N-dealkylation sites (tertiary alicyclic amines) is 1. The summed E-state index contributed by atoms with van der Waals surface area (Å²) in [4.78, 5) is 14.1. The van der Waals surface area contributed by atoms with Crippen LogP contribution in [0, 0.1) is 5.92 Å². The molecule has 1 aliphatic carbocycles. The molecule has 1 saturated carbocycles. The number of carbonyl (C=O) groups excluding carboxylic acids is 1. The number of nitrogens with one attached hydrogen (secondary N) is 1. The molecular formula is C18H26N2O2. The molecule has 3 atom stereocenters. The zero-order valence-corrected chi connectivity index (χ0v) is 13.5. The van der Waals surface area contributed by atoms with Crippen LogP contribution in [0.4, 0.5) is 4.79 Å². The fourth-order valence-electron chi connectivity index (χ4n) is 3.32. The summed E-state index contributed by atoms with van der Waals surface area (Å²) >= 11 is 0. The van der Waals surface area contributed by atoms with Gasteiger partial charge in [-0.05, 0) is 44.1 Å². The van der Waals surface area contributed by atoms with Crippen LogP contribution in [-0.2, 0) is 4.74 Å². The standard InChI is InChI=1S/C18H26N2O2/c1-13(2)22-16-8-9-20(12-16)18(21)19-11-15-10-17(15)14-6-4-3-5-7-14/h3-7,13,15-17H,8-12H2,1-2H3,(H,19,21)/t15-,16+,17-/m0/s1. The maximum Gasteiger partial charge on any atom is 0.317 e. The lowest BCUT2D eigenvalue weighted by Crippen LogP contribution is -2.40. The lowest BCUT2D eigenvalue weighted by Gasteiger charge is -2.18. The van der Waals surface area contributed by atoms with Crippen molar-refractivity contribution >= 4 is 6.03 Å². The number of urea groups is 1. The van der Waals surface area contributed by atoms with Crippen LogP contribution in [0.15, 0.2) is 30.3 Å². The molecule has 1 aliphatic heterocycles. The molecule has 4 heteroatoms. The van der Waals surface area contributed by atoms with E-state index in [1.54, 1.807) is 0 Å². The Hall–Kier alpha value is -1.55. The van der Waals surface area contributed by atoms with Crippen LogP contribution in [-0.4, -0.2) is 42.8 Å². The van der Waals surface area contributed by atoms with Gasteiger partial charge in [-0.1, -0.05) is 30.3 Å². The quantitative estimate of drug-likeness (QED) is 0.908. The molecule has 1 N–H and O–H groups in total. The van der Waals surface area contributed by atoms with Crippen molar-refractivity contribution in [3.63, 3.8) is 0 Å². The van der Waals surface area contributed by atoms with Gasteiger partial charge in [0.1, 0.15) is 0 Å². The molecule has 120 valence electrons. The maximum absolute atomic E-state index is 12.2.